The van der Waals surface area contributed by atoms with E-state index in [1.165, 1.54) is 7.11 Å². The zero-order valence-electron chi connectivity index (χ0n) is 17.1. The van der Waals surface area contributed by atoms with Gasteiger partial charge < -0.3 is 19.7 Å². The number of fused-ring (bicyclic) bond motifs is 1. The first-order valence-electron chi connectivity index (χ1n) is 9.79. The van der Waals surface area contributed by atoms with Crippen molar-refractivity contribution in [1.82, 2.24) is 0 Å². The van der Waals surface area contributed by atoms with E-state index in [4.69, 9.17) is 9.47 Å². The summed E-state index contributed by atoms with van der Waals surface area (Å²) in [5, 5.41) is 5.43. The second-order valence-electron chi connectivity index (χ2n) is 6.78. The van der Waals surface area contributed by atoms with Gasteiger partial charge in [-0.15, -0.1) is 0 Å². The highest BCUT2D eigenvalue weighted by Gasteiger charge is 2.24. The maximum atomic E-state index is 12.7. The number of hydrogen-bond donors (Lipinski definition) is 2. The molecule has 2 aromatic rings. The molecule has 1 aliphatic rings. The Hall–Kier alpha value is -3.39. The van der Waals surface area contributed by atoms with Gasteiger partial charge in [0.25, 0.3) is 5.91 Å². The Bertz CT molecular complexity index is 944. The van der Waals surface area contributed by atoms with Gasteiger partial charge in [0.2, 0.25) is 5.91 Å². The number of ether oxygens (including phenoxy) is 2. The second kappa shape index (κ2) is 9.89. The molecule has 158 valence electrons. The van der Waals surface area contributed by atoms with E-state index < -0.39 is 6.09 Å². The number of rotatable bonds is 7. The first-order valence-corrected chi connectivity index (χ1v) is 9.79. The van der Waals surface area contributed by atoms with Crippen LogP contribution in [0.5, 0.6) is 0 Å². The molecule has 0 saturated carbocycles. The van der Waals surface area contributed by atoms with Crippen molar-refractivity contribution in [2.75, 3.05) is 42.4 Å². The van der Waals surface area contributed by atoms with Crippen molar-refractivity contribution >= 4 is 35.0 Å². The predicted octanol–water partition coefficient (Wildman–Crippen LogP) is 3.43. The highest BCUT2D eigenvalue weighted by Crippen LogP contribution is 2.29. The lowest BCUT2D eigenvalue weighted by atomic mass is 10.1. The Balaban J connectivity index is 1.64. The number of nitrogens with zero attached hydrogens (tertiary/aromatic N) is 1. The van der Waals surface area contributed by atoms with Crippen molar-refractivity contribution < 1.29 is 23.9 Å². The second-order valence-corrected chi connectivity index (χ2v) is 6.78. The van der Waals surface area contributed by atoms with Crippen LogP contribution < -0.4 is 15.5 Å². The van der Waals surface area contributed by atoms with Crippen molar-refractivity contribution in [2.45, 2.75) is 19.8 Å². The molecule has 0 saturated heterocycles. The predicted molar refractivity (Wildman–Crippen MR) is 114 cm³/mol. The molecule has 3 rings (SSSR count). The summed E-state index contributed by atoms with van der Waals surface area (Å²) in [7, 11) is 1.52. The van der Waals surface area contributed by atoms with Crippen LogP contribution in [0.25, 0.3) is 0 Å². The third-order valence-corrected chi connectivity index (χ3v) is 4.73. The minimum absolute atomic E-state index is 0.0796. The molecule has 0 atom stereocenters. The maximum absolute atomic E-state index is 12.7. The average Bonchev–Trinajstić information content (AvgIpc) is 3.17. The molecule has 1 heterocycles. The largest absolute Gasteiger partial charge is 0.447 e. The van der Waals surface area contributed by atoms with Gasteiger partial charge in [0.15, 0.2) is 0 Å². The van der Waals surface area contributed by atoms with Crippen LogP contribution in [0.4, 0.5) is 21.9 Å². The Morgan fingerprint density at radius 3 is 2.53 bits per heavy atom. The topological polar surface area (TPSA) is 97.0 Å². The summed E-state index contributed by atoms with van der Waals surface area (Å²) in [6.07, 6.45) is 0.582. The number of nitrogens with one attached hydrogen (secondary N) is 2. The molecular weight excluding hydrogens is 386 g/mol. The van der Waals surface area contributed by atoms with Gasteiger partial charge in [-0.05, 0) is 48.4 Å². The number of methoxy groups -OCH3 is 1. The van der Waals surface area contributed by atoms with Gasteiger partial charge in [0.1, 0.15) is 6.61 Å². The summed E-state index contributed by atoms with van der Waals surface area (Å²) in [4.78, 5) is 38.2. The average molecular weight is 411 g/mol. The quantitative estimate of drug-likeness (QED) is 0.681. The third kappa shape index (κ3) is 5.15. The molecule has 0 unspecified atom stereocenters. The summed E-state index contributed by atoms with van der Waals surface area (Å²) < 4.78 is 9.79. The lowest BCUT2D eigenvalue weighted by molar-refractivity contribution is -0.118. The number of benzene rings is 2. The van der Waals surface area contributed by atoms with Crippen molar-refractivity contribution in [3.63, 3.8) is 0 Å². The number of anilines is 3. The van der Waals surface area contributed by atoms with E-state index in [1.807, 2.05) is 19.1 Å². The minimum Gasteiger partial charge on any atom is -0.447 e. The van der Waals surface area contributed by atoms with Crippen molar-refractivity contribution in [3.05, 3.63) is 53.6 Å². The summed E-state index contributed by atoms with van der Waals surface area (Å²) >= 11 is 0. The summed E-state index contributed by atoms with van der Waals surface area (Å²) in [6, 6.07) is 12.1. The molecule has 0 bridgehead atoms. The van der Waals surface area contributed by atoms with Gasteiger partial charge in [-0.2, -0.15) is 0 Å². The van der Waals surface area contributed by atoms with Gasteiger partial charge in [-0.25, -0.2) is 4.79 Å². The third-order valence-electron chi connectivity index (χ3n) is 4.73. The van der Waals surface area contributed by atoms with Crippen LogP contribution in [0.1, 0.15) is 29.3 Å². The van der Waals surface area contributed by atoms with Crippen LogP contribution in [0.3, 0.4) is 0 Å². The fourth-order valence-corrected chi connectivity index (χ4v) is 3.24. The zero-order chi connectivity index (χ0) is 21.5. The van der Waals surface area contributed by atoms with Crippen molar-refractivity contribution in [3.8, 4) is 0 Å². The summed E-state index contributed by atoms with van der Waals surface area (Å²) in [6.45, 7) is 2.94. The van der Waals surface area contributed by atoms with E-state index in [9.17, 15) is 14.4 Å². The highest BCUT2D eigenvalue weighted by molar-refractivity contribution is 6.05. The molecule has 2 aromatic carbocycles. The maximum Gasteiger partial charge on any atom is 0.411 e. The van der Waals surface area contributed by atoms with Crippen LogP contribution in [-0.2, 0) is 20.7 Å². The summed E-state index contributed by atoms with van der Waals surface area (Å²) in [5.41, 5.74) is 3.41. The van der Waals surface area contributed by atoms with E-state index in [-0.39, 0.29) is 18.4 Å². The number of carbonyl (C=O) groups excluding carboxylic acids is 3. The Morgan fingerprint density at radius 1 is 1.03 bits per heavy atom. The van der Waals surface area contributed by atoms with Crippen LogP contribution in [-0.4, -0.2) is 44.8 Å². The molecule has 0 fully saturated rings. The van der Waals surface area contributed by atoms with Crippen LogP contribution in [0.2, 0.25) is 0 Å². The standard InChI is InChI=1S/C22H25N3O5/c1-3-20(26)25-10-9-15-13-16(7-8-19(15)25)21(27)23-17-5-4-6-18(14-17)24-22(28)30-12-11-29-2/h4-8,13-14H,3,9-12H2,1-2H3,(H,23,27)(H,24,28). The highest BCUT2D eigenvalue weighted by atomic mass is 16.6. The molecule has 8 nitrogen and oxygen atoms in total. The molecule has 3 amide bonds. The fourth-order valence-electron chi connectivity index (χ4n) is 3.24. The fraction of sp³-hybridized carbons (Fsp3) is 0.318. The van der Waals surface area contributed by atoms with Gasteiger partial charge in [0.05, 0.1) is 6.61 Å². The Morgan fingerprint density at radius 2 is 1.80 bits per heavy atom. The van der Waals surface area contributed by atoms with E-state index >= 15 is 0 Å². The van der Waals surface area contributed by atoms with E-state index in [2.05, 4.69) is 10.6 Å². The van der Waals surface area contributed by atoms with Crippen molar-refractivity contribution in [1.29, 1.82) is 0 Å². The van der Waals surface area contributed by atoms with Crippen LogP contribution in [0.15, 0.2) is 42.5 Å². The SMILES string of the molecule is CCC(=O)N1CCc2cc(C(=O)Nc3cccc(NC(=O)OCCOC)c3)ccc21. The normalized spacial score (nSPS) is 12.3. The van der Waals surface area contributed by atoms with Gasteiger partial charge in [-0.3, -0.25) is 14.9 Å². The first-order chi connectivity index (χ1) is 14.5. The van der Waals surface area contributed by atoms with Gasteiger partial charge in [0, 0.05) is 42.7 Å². The number of carbonyl (C=O) groups is 3. The van der Waals surface area contributed by atoms with Crippen molar-refractivity contribution in [2.24, 2.45) is 0 Å². The Labute approximate surface area is 175 Å². The van der Waals surface area contributed by atoms with Gasteiger partial charge >= 0.3 is 6.09 Å². The lowest BCUT2D eigenvalue weighted by Gasteiger charge is -2.16. The molecular formula is C22H25N3O5. The van der Waals surface area contributed by atoms with Crippen LogP contribution >= 0.6 is 0 Å². The first kappa shape index (κ1) is 21.3. The minimum atomic E-state index is -0.597. The molecule has 30 heavy (non-hydrogen) atoms. The molecule has 0 spiro atoms. The molecule has 0 radical (unpaired) electrons. The Kier molecular flexibility index (Phi) is 7.03. The molecule has 2 N–H and O–H groups in total. The molecule has 8 heteroatoms. The lowest BCUT2D eigenvalue weighted by Crippen LogP contribution is -2.27. The smallest absolute Gasteiger partial charge is 0.411 e. The van der Waals surface area contributed by atoms with E-state index in [1.54, 1.807) is 35.2 Å². The molecule has 0 aliphatic carbocycles. The van der Waals surface area contributed by atoms with E-state index in [0.29, 0.717) is 36.5 Å². The molecule has 0 aromatic heterocycles. The van der Waals surface area contributed by atoms with Crippen LogP contribution in [0, 0.1) is 0 Å². The van der Waals surface area contributed by atoms with Gasteiger partial charge in [-0.1, -0.05) is 13.0 Å². The monoisotopic (exact) mass is 411 g/mol. The zero-order valence-corrected chi connectivity index (χ0v) is 17.1. The number of hydrogen-bond acceptors (Lipinski definition) is 5. The number of amides is 3. The summed E-state index contributed by atoms with van der Waals surface area (Å²) in [5.74, 6) is -0.186. The molecule has 1 aliphatic heterocycles. The van der Waals surface area contributed by atoms with E-state index in [0.717, 1.165) is 17.7 Å².